The van der Waals surface area contributed by atoms with E-state index in [2.05, 4.69) is 37.6 Å². The van der Waals surface area contributed by atoms with E-state index in [0.29, 0.717) is 6.54 Å². The number of H-pyrrole nitrogens is 1. The summed E-state index contributed by atoms with van der Waals surface area (Å²) in [6.45, 7) is 9.14. The number of rotatable bonds is 6. The van der Waals surface area contributed by atoms with Crippen LogP contribution >= 0.6 is 0 Å². The van der Waals surface area contributed by atoms with Gasteiger partial charge in [-0.1, -0.05) is 0 Å². The fourth-order valence-corrected chi connectivity index (χ4v) is 2.04. The molecular formula is C13H24N6O. The van der Waals surface area contributed by atoms with Crippen LogP contribution in [0.1, 0.15) is 12.6 Å². The van der Waals surface area contributed by atoms with Gasteiger partial charge in [-0.2, -0.15) is 5.10 Å². The van der Waals surface area contributed by atoms with Crippen LogP contribution in [0.2, 0.25) is 0 Å². The van der Waals surface area contributed by atoms with Crippen molar-refractivity contribution in [2.45, 2.75) is 13.5 Å². The Hall–Kier alpha value is -1.60. The Balaban J connectivity index is 1.72. The van der Waals surface area contributed by atoms with Gasteiger partial charge in [0, 0.05) is 38.9 Å². The normalized spacial score (nSPS) is 17.1. The summed E-state index contributed by atoms with van der Waals surface area (Å²) in [5.74, 6) is 0.843. The highest BCUT2D eigenvalue weighted by Crippen LogP contribution is 1.95. The van der Waals surface area contributed by atoms with Gasteiger partial charge in [-0.25, -0.2) is 4.99 Å². The van der Waals surface area contributed by atoms with E-state index >= 15 is 0 Å². The van der Waals surface area contributed by atoms with Crippen molar-refractivity contribution in [2.75, 3.05) is 45.9 Å². The molecular weight excluding hydrogens is 256 g/mol. The molecule has 1 fully saturated rings. The largest absolute Gasteiger partial charge is 0.379 e. The average molecular weight is 280 g/mol. The monoisotopic (exact) mass is 280 g/mol. The minimum atomic E-state index is 0.604. The number of aromatic amines is 1. The minimum absolute atomic E-state index is 0.604. The number of aliphatic imine (C=N–C) groups is 1. The van der Waals surface area contributed by atoms with Gasteiger partial charge in [-0.15, -0.1) is 0 Å². The molecule has 1 saturated heterocycles. The number of nitrogens with zero attached hydrogens (tertiary/aromatic N) is 3. The molecule has 0 aliphatic carbocycles. The molecule has 0 atom stereocenters. The van der Waals surface area contributed by atoms with E-state index in [1.165, 1.54) is 0 Å². The number of morpholine rings is 1. The number of nitrogens with one attached hydrogen (secondary N) is 3. The van der Waals surface area contributed by atoms with Gasteiger partial charge < -0.3 is 15.4 Å². The summed E-state index contributed by atoms with van der Waals surface area (Å²) in [7, 11) is 0. The van der Waals surface area contributed by atoms with Gasteiger partial charge in [0.15, 0.2) is 5.96 Å². The first kappa shape index (κ1) is 14.8. The maximum Gasteiger partial charge on any atom is 0.191 e. The van der Waals surface area contributed by atoms with Crippen molar-refractivity contribution in [2.24, 2.45) is 4.99 Å². The molecule has 7 nitrogen and oxygen atoms in total. The fourth-order valence-electron chi connectivity index (χ4n) is 2.04. The number of aromatic nitrogens is 2. The minimum Gasteiger partial charge on any atom is -0.379 e. The molecule has 0 saturated carbocycles. The second-order valence-electron chi connectivity index (χ2n) is 4.66. The zero-order chi connectivity index (χ0) is 14.0. The summed E-state index contributed by atoms with van der Waals surface area (Å²) in [4.78, 5) is 6.92. The predicted octanol–water partition coefficient (Wildman–Crippen LogP) is -0.203. The van der Waals surface area contributed by atoms with Crippen molar-refractivity contribution < 1.29 is 4.74 Å². The van der Waals surface area contributed by atoms with Gasteiger partial charge in [0.2, 0.25) is 0 Å². The smallest absolute Gasteiger partial charge is 0.191 e. The highest BCUT2D eigenvalue weighted by Gasteiger charge is 2.09. The highest BCUT2D eigenvalue weighted by atomic mass is 16.5. The summed E-state index contributed by atoms with van der Waals surface area (Å²) in [5.41, 5.74) is 1.01. The number of guanidine groups is 1. The second-order valence-corrected chi connectivity index (χ2v) is 4.66. The van der Waals surface area contributed by atoms with Crippen LogP contribution < -0.4 is 10.6 Å². The van der Waals surface area contributed by atoms with Crippen molar-refractivity contribution in [3.8, 4) is 0 Å². The molecule has 7 heteroatoms. The number of hydrogen-bond donors (Lipinski definition) is 3. The van der Waals surface area contributed by atoms with Crippen LogP contribution in [-0.4, -0.2) is 67.0 Å². The molecule has 1 aliphatic heterocycles. The predicted molar refractivity (Wildman–Crippen MR) is 78.7 cm³/mol. The van der Waals surface area contributed by atoms with Crippen LogP contribution in [0.5, 0.6) is 0 Å². The molecule has 2 heterocycles. The molecule has 0 aromatic carbocycles. The molecule has 20 heavy (non-hydrogen) atoms. The lowest BCUT2D eigenvalue weighted by Crippen LogP contribution is -2.44. The summed E-state index contributed by atoms with van der Waals surface area (Å²) in [6.07, 6.45) is 1.74. The highest BCUT2D eigenvalue weighted by molar-refractivity contribution is 5.79. The van der Waals surface area contributed by atoms with Crippen LogP contribution in [0.15, 0.2) is 17.3 Å². The van der Waals surface area contributed by atoms with E-state index in [1.807, 2.05) is 6.07 Å². The Kier molecular flexibility index (Phi) is 6.33. The van der Waals surface area contributed by atoms with Gasteiger partial charge in [-0.05, 0) is 13.0 Å². The van der Waals surface area contributed by atoms with Gasteiger partial charge in [0.05, 0.1) is 25.5 Å². The molecule has 0 radical (unpaired) electrons. The molecule has 1 aromatic rings. The number of ether oxygens (including phenoxy) is 1. The first-order valence-corrected chi connectivity index (χ1v) is 7.19. The Morgan fingerprint density at radius 2 is 2.30 bits per heavy atom. The van der Waals surface area contributed by atoms with Crippen molar-refractivity contribution in [1.29, 1.82) is 0 Å². The summed E-state index contributed by atoms with van der Waals surface area (Å²) in [5, 5.41) is 13.4. The molecule has 0 bridgehead atoms. The Morgan fingerprint density at radius 3 is 3.00 bits per heavy atom. The summed E-state index contributed by atoms with van der Waals surface area (Å²) >= 11 is 0. The van der Waals surface area contributed by atoms with Crippen molar-refractivity contribution >= 4 is 5.96 Å². The fraction of sp³-hybridized carbons (Fsp3) is 0.692. The van der Waals surface area contributed by atoms with E-state index in [-0.39, 0.29) is 0 Å². The van der Waals surface area contributed by atoms with Crippen LogP contribution in [-0.2, 0) is 11.3 Å². The molecule has 3 N–H and O–H groups in total. The van der Waals surface area contributed by atoms with E-state index in [4.69, 9.17) is 4.74 Å². The average Bonchev–Trinajstić information content (AvgIpc) is 2.99. The second kappa shape index (κ2) is 8.55. The Labute approximate surface area is 119 Å². The van der Waals surface area contributed by atoms with E-state index in [0.717, 1.165) is 57.6 Å². The van der Waals surface area contributed by atoms with E-state index in [9.17, 15) is 0 Å². The molecule has 2 rings (SSSR count). The third-order valence-electron chi connectivity index (χ3n) is 3.13. The zero-order valence-corrected chi connectivity index (χ0v) is 12.1. The number of hydrogen-bond acceptors (Lipinski definition) is 4. The standard InChI is InChI=1S/C13H24N6O/c1-2-14-13(16-11-12-3-4-17-18-12)15-5-6-19-7-9-20-10-8-19/h3-4H,2,5-11H2,1H3,(H,17,18)(H2,14,15,16). The maximum atomic E-state index is 5.34. The maximum absolute atomic E-state index is 5.34. The Morgan fingerprint density at radius 1 is 1.45 bits per heavy atom. The lowest BCUT2D eigenvalue weighted by molar-refractivity contribution is 0.0389. The zero-order valence-electron chi connectivity index (χ0n) is 12.1. The Bertz CT molecular complexity index is 386. The summed E-state index contributed by atoms with van der Waals surface area (Å²) in [6, 6.07) is 1.93. The van der Waals surface area contributed by atoms with Crippen LogP contribution in [0.3, 0.4) is 0 Å². The first-order valence-electron chi connectivity index (χ1n) is 7.19. The SMILES string of the molecule is CCNC(=NCc1ccn[nH]1)NCCN1CCOCC1. The molecule has 112 valence electrons. The molecule has 0 unspecified atom stereocenters. The molecule has 0 spiro atoms. The van der Waals surface area contributed by atoms with Gasteiger partial charge in [-0.3, -0.25) is 10.00 Å². The molecule has 1 aliphatic rings. The van der Waals surface area contributed by atoms with Crippen LogP contribution in [0.25, 0.3) is 0 Å². The quantitative estimate of drug-likeness (QED) is 0.497. The lowest BCUT2D eigenvalue weighted by atomic mass is 10.4. The summed E-state index contributed by atoms with van der Waals surface area (Å²) < 4.78 is 5.34. The van der Waals surface area contributed by atoms with Gasteiger partial charge in [0.1, 0.15) is 0 Å². The third-order valence-corrected chi connectivity index (χ3v) is 3.13. The molecule has 1 aromatic heterocycles. The van der Waals surface area contributed by atoms with Crippen LogP contribution in [0.4, 0.5) is 0 Å². The van der Waals surface area contributed by atoms with E-state index < -0.39 is 0 Å². The van der Waals surface area contributed by atoms with Gasteiger partial charge >= 0.3 is 0 Å². The van der Waals surface area contributed by atoms with Gasteiger partial charge in [0.25, 0.3) is 0 Å². The molecule has 0 amide bonds. The topological polar surface area (TPSA) is 77.6 Å². The first-order chi connectivity index (χ1) is 9.88. The van der Waals surface area contributed by atoms with Crippen molar-refractivity contribution in [1.82, 2.24) is 25.7 Å². The van der Waals surface area contributed by atoms with Crippen LogP contribution in [0, 0.1) is 0 Å². The van der Waals surface area contributed by atoms with E-state index in [1.54, 1.807) is 6.20 Å². The van der Waals surface area contributed by atoms with Crippen molar-refractivity contribution in [3.05, 3.63) is 18.0 Å². The third kappa shape index (κ3) is 5.18. The lowest BCUT2D eigenvalue weighted by Gasteiger charge is -2.26. The van der Waals surface area contributed by atoms with Crippen molar-refractivity contribution in [3.63, 3.8) is 0 Å².